The molecule has 1 aromatic heterocycles. The number of ketones is 1. The second-order valence-corrected chi connectivity index (χ2v) is 5.70. The Morgan fingerprint density at radius 2 is 2.04 bits per heavy atom. The Morgan fingerprint density at radius 1 is 1.30 bits per heavy atom. The van der Waals surface area contributed by atoms with Gasteiger partial charge in [0, 0.05) is 19.9 Å². The minimum absolute atomic E-state index is 0.109. The molecule has 1 amide bonds. The highest BCUT2D eigenvalue weighted by Crippen LogP contribution is 2.19. The van der Waals surface area contributed by atoms with Crippen LogP contribution in [-0.4, -0.2) is 32.2 Å². The average Bonchev–Trinajstić information content (AvgIpc) is 2.85. The summed E-state index contributed by atoms with van der Waals surface area (Å²) in [5.74, 6) is -1.99. The molecule has 2 rings (SSSR count). The number of halogens is 2. The van der Waals surface area contributed by atoms with Crippen LogP contribution in [0.2, 0.25) is 0 Å². The molecule has 9 heteroatoms. The molecule has 2 aromatic rings. The summed E-state index contributed by atoms with van der Waals surface area (Å²) in [7, 11) is 1.69. The van der Waals surface area contributed by atoms with Crippen molar-refractivity contribution in [1.29, 1.82) is 0 Å². The fourth-order valence-electron chi connectivity index (χ4n) is 1.84. The molecule has 6 nitrogen and oxygen atoms in total. The first-order valence-corrected chi connectivity index (χ1v) is 7.64. The number of amides is 1. The Morgan fingerprint density at radius 3 is 2.74 bits per heavy atom. The van der Waals surface area contributed by atoms with Crippen molar-refractivity contribution < 1.29 is 18.4 Å². The third kappa shape index (κ3) is 4.35. The number of nitrogens with two attached hydrogens (primary N) is 1. The lowest BCUT2D eigenvalue weighted by Crippen LogP contribution is -2.13. The van der Waals surface area contributed by atoms with Crippen LogP contribution >= 0.6 is 11.8 Å². The quantitative estimate of drug-likeness (QED) is 0.609. The molecule has 0 saturated heterocycles. The molecule has 0 aliphatic carbocycles. The maximum absolute atomic E-state index is 13.5. The maximum atomic E-state index is 13.5. The van der Waals surface area contributed by atoms with Crippen LogP contribution in [-0.2, 0) is 18.3 Å². The second kappa shape index (κ2) is 7.32. The van der Waals surface area contributed by atoms with E-state index in [1.54, 1.807) is 11.6 Å². The highest BCUT2D eigenvalue weighted by Gasteiger charge is 2.16. The molecule has 0 radical (unpaired) electrons. The van der Waals surface area contributed by atoms with E-state index in [0.717, 1.165) is 30.0 Å². The fourth-order valence-corrected chi connectivity index (χ4v) is 2.66. The number of carbonyl (C=O) groups excluding carboxylic acids is 2. The standard InChI is InChI=1S/C14H14F2N4O2S/c1-20-13(5-4-12(17)22)18-19-14(20)23-7-11(21)9-6-8(15)2-3-10(9)16/h2-3,6H,4-5,7H2,1H3,(H2,17,22). The zero-order valence-corrected chi connectivity index (χ0v) is 13.1. The monoisotopic (exact) mass is 340 g/mol. The molecule has 0 saturated carbocycles. The SMILES string of the molecule is Cn1c(CCC(N)=O)nnc1SCC(=O)c1cc(F)ccc1F. The molecule has 1 heterocycles. The molecular weight excluding hydrogens is 326 g/mol. The number of nitrogens with zero attached hydrogens (tertiary/aromatic N) is 3. The number of hydrogen-bond donors (Lipinski definition) is 1. The molecule has 122 valence electrons. The first-order chi connectivity index (χ1) is 10.9. The van der Waals surface area contributed by atoms with Crippen LogP contribution in [0.15, 0.2) is 23.4 Å². The van der Waals surface area contributed by atoms with Crippen molar-refractivity contribution in [1.82, 2.24) is 14.8 Å². The molecule has 0 aliphatic rings. The first kappa shape index (κ1) is 17.1. The lowest BCUT2D eigenvalue weighted by Gasteiger charge is -2.04. The number of benzene rings is 1. The van der Waals surface area contributed by atoms with Crippen LogP contribution < -0.4 is 5.73 Å². The van der Waals surface area contributed by atoms with E-state index in [4.69, 9.17) is 5.73 Å². The summed E-state index contributed by atoms with van der Waals surface area (Å²) in [4.78, 5) is 22.7. The van der Waals surface area contributed by atoms with E-state index >= 15 is 0 Å². The van der Waals surface area contributed by atoms with E-state index in [-0.39, 0.29) is 17.7 Å². The Balaban J connectivity index is 2.02. The van der Waals surface area contributed by atoms with Crippen LogP contribution in [0, 0.1) is 11.6 Å². The van der Waals surface area contributed by atoms with Crippen molar-refractivity contribution in [3.8, 4) is 0 Å². The van der Waals surface area contributed by atoms with Gasteiger partial charge in [0.25, 0.3) is 0 Å². The predicted octanol–water partition coefficient (Wildman–Crippen LogP) is 1.49. The van der Waals surface area contributed by atoms with Crippen molar-refractivity contribution in [2.45, 2.75) is 18.0 Å². The number of primary amides is 1. The molecule has 0 spiro atoms. The van der Waals surface area contributed by atoms with Crippen LogP contribution in [0.4, 0.5) is 8.78 Å². The highest BCUT2D eigenvalue weighted by atomic mass is 32.2. The second-order valence-electron chi connectivity index (χ2n) is 4.76. The summed E-state index contributed by atoms with van der Waals surface area (Å²) >= 11 is 1.05. The van der Waals surface area contributed by atoms with Crippen LogP contribution in [0.1, 0.15) is 22.6 Å². The maximum Gasteiger partial charge on any atom is 0.217 e. The van der Waals surface area contributed by atoms with Crippen LogP contribution in [0.3, 0.4) is 0 Å². The van der Waals surface area contributed by atoms with Crippen molar-refractivity contribution in [3.05, 3.63) is 41.2 Å². The van der Waals surface area contributed by atoms with Gasteiger partial charge in [-0.25, -0.2) is 8.78 Å². The van der Waals surface area contributed by atoms with Crippen molar-refractivity contribution in [2.24, 2.45) is 12.8 Å². The Bertz CT molecular complexity index is 748. The van der Waals surface area contributed by atoms with Gasteiger partial charge in [-0.05, 0) is 18.2 Å². The topological polar surface area (TPSA) is 90.9 Å². The smallest absolute Gasteiger partial charge is 0.217 e. The van der Waals surface area contributed by atoms with E-state index < -0.39 is 23.3 Å². The summed E-state index contributed by atoms with van der Waals surface area (Å²) in [6.07, 6.45) is 0.482. The van der Waals surface area contributed by atoms with Crippen molar-refractivity contribution in [3.63, 3.8) is 0 Å². The van der Waals surface area contributed by atoms with Gasteiger partial charge in [-0.3, -0.25) is 9.59 Å². The van der Waals surface area contributed by atoms with Gasteiger partial charge in [-0.2, -0.15) is 0 Å². The van der Waals surface area contributed by atoms with Gasteiger partial charge >= 0.3 is 0 Å². The van der Waals surface area contributed by atoms with E-state index in [1.165, 1.54) is 0 Å². The summed E-state index contributed by atoms with van der Waals surface area (Å²) in [6, 6.07) is 2.73. The third-order valence-electron chi connectivity index (χ3n) is 3.08. The Hall–Kier alpha value is -2.29. The lowest BCUT2D eigenvalue weighted by atomic mass is 10.1. The van der Waals surface area contributed by atoms with E-state index in [9.17, 15) is 18.4 Å². The molecule has 0 aliphatic heterocycles. The molecule has 0 atom stereocenters. The summed E-state index contributed by atoms with van der Waals surface area (Å²) in [5, 5.41) is 8.25. The molecule has 0 fully saturated rings. The Labute approximate surface area is 135 Å². The molecule has 23 heavy (non-hydrogen) atoms. The van der Waals surface area contributed by atoms with Crippen molar-refractivity contribution in [2.75, 3.05) is 5.75 Å². The third-order valence-corrected chi connectivity index (χ3v) is 4.10. The van der Waals surface area contributed by atoms with Gasteiger partial charge in [0.15, 0.2) is 10.9 Å². The number of aryl methyl sites for hydroxylation is 1. The van der Waals surface area contributed by atoms with Gasteiger partial charge in [0.2, 0.25) is 5.91 Å². The number of Topliss-reactive ketones (excluding diaryl/α,β-unsaturated/α-hetero) is 1. The van der Waals surface area contributed by atoms with Gasteiger partial charge < -0.3 is 10.3 Å². The minimum Gasteiger partial charge on any atom is -0.370 e. The van der Waals surface area contributed by atoms with Gasteiger partial charge in [-0.15, -0.1) is 10.2 Å². The van der Waals surface area contributed by atoms with Crippen molar-refractivity contribution >= 4 is 23.5 Å². The van der Waals surface area contributed by atoms with Crippen LogP contribution in [0.25, 0.3) is 0 Å². The zero-order chi connectivity index (χ0) is 17.0. The number of hydrogen-bond acceptors (Lipinski definition) is 5. The number of rotatable bonds is 7. The molecule has 0 unspecified atom stereocenters. The zero-order valence-electron chi connectivity index (χ0n) is 12.3. The van der Waals surface area contributed by atoms with Crippen LogP contribution in [0.5, 0.6) is 0 Å². The molecule has 1 aromatic carbocycles. The van der Waals surface area contributed by atoms with E-state index in [0.29, 0.717) is 17.4 Å². The number of thioether (sulfide) groups is 1. The normalized spacial score (nSPS) is 10.7. The Kier molecular flexibility index (Phi) is 5.43. The first-order valence-electron chi connectivity index (χ1n) is 6.66. The largest absolute Gasteiger partial charge is 0.370 e. The average molecular weight is 340 g/mol. The van der Waals surface area contributed by atoms with E-state index in [1.807, 2.05) is 0 Å². The van der Waals surface area contributed by atoms with Gasteiger partial charge in [-0.1, -0.05) is 11.8 Å². The minimum atomic E-state index is -0.767. The fraction of sp³-hybridized carbons (Fsp3) is 0.286. The number of carbonyl (C=O) groups is 2. The summed E-state index contributed by atoms with van der Waals surface area (Å²) in [5.41, 5.74) is 4.78. The summed E-state index contributed by atoms with van der Waals surface area (Å²) in [6.45, 7) is 0. The lowest BCUT2D eigenvalue weighted by molar-refractivity contribution is -0.118. The highest BCUT2D eigenvalue weighted by molar-refractivity contribution is 7.99. The number of aromatic nitrogens is 3. The summed E-state index contributed by atoms with van der Waals surface area (Å²) < 4.78 is 28.3. The van der Waals surface area contributed by atoms with E-state index in [2.05, 4.69) is 10.2 Å². The van der Waals surface area contributed by atoms with Gasteiger partial charge in [0.1, 0.15) is 17.5 Å². The van der Waals surface area contributed by atoms with Gasteiger partial charge in [0.05, 0.1) is 11.3 Å². The molecule has 0 bridgehead atoms. The molecular formula is C14H14F2N4O2S. The predicted molar refractivity (Wildman–Crippen MR) is 79.9 cm³/mol. The molecule has 2 N–H and O–H groups in total.